The number of nitrogens with one attached hydrogen (secondary N) is 2. The van der Waals surface area contributed by atoms with Crippen LogP contribution in [0.2, 0.25) is 0 Å². The second-order valence-corrected chi connectivity index (χ2v) is 6.31. The molecule has 2 heterocycles. The smallest absolute Gasteiger partial charge is 0.251 e. The topological polar surface area (TPSA) is 53.6 Å². The molecule has 5 heteroatoms. The van der Waals surface area contributed by atoms with Crippen LogP contribution in [-0.4, -0.2) is 56.7 Å². The first-order valence-electron chi connectivity index (χ1n) is 8.12. The summed E-state index contributed by atoms with van der Waals surface area (Å²) in [6.45, 7) is 5.41. The molecule has 2 N–H and O–H groups in total. The van der Waals surface area contributed by atoms with Crippen molar-refractivity contribution in [3.8, 4) is 5.75 Å². The Bertz CT molecular complexity index is 508. The summed E-state index contributed by atoms with van der Waals surface area (Å²) in [4.78, 5) is 14.7. The fourth-order valence-corrected chi connectivity index (χ4v) is 3.27. The van der Waals surface area contributed by atoms with Gasteiger partial charge in [0.1, 0.15) is 5.75 Å². The van der Waals surface area contributed by atoms with Crippen LogP contribution in [0.25, 0.3) is 0 Å². The number of hydrogen-bond donors (Lipinski definition) is 2. The van der Waals surface area contributed by atoms with Crippen molar-refractivity contribution >= 4 is 5.91 Å². The summed E-state index contributed by atoms with van der Waals surface area (Å²) in [5.41, 5.74) is 0.663. The first kappa shape index (κ1) is 15.3. The third-order valence-electron chi connectivity index (χ3n) is 4.60. The Hall–Kier alpha value is -1.59. The molecule has 0 unspecified atom stereocenters. The van der Waals surface area contributed by atoms with Gasteiger partial charge in [0.25, 0.3) is 5.91 Å². The summed E-state index contributed by atoms with van der Waals surface area (Å²) in [5, 5.41) is 6.50. The van der Waals surface area contributed by atoms with Crippen LogP contribution in [0.5, 0.6) is 5.75 Å². The third-order valence-corrected chi connectivity index (χ3v) is 4.60. The van der Waals surface area contributed by atoms with Gasteiger partial charge in [0.2, 0.25) is 0 Å². The van der Waals surface area contributed by atoms with Gasteiger partial charge in [-0.1, -0.05) is 6.07 Å². The maximum absolute atomic E-state index is 12.2. The van der Waals surface area contributed by atoms with Crippen molar-refractivity contribution in [1.82, 2.24) is 15.5 Å². The third kappa shape index (κ3) is 3.78. The van der Waals surface area contributed by atoms with E-state index in [2.05, 4.69) is 15.5 Å². The molecule has 1 aromatic rings. The molecule has 0 aliphatic carbocycles. The molecule has 5 nitrogen and oxygen atoms in total. The Morgan fingerprint density at radius 2 is 2.14 bits per heavy atom. The van der Waals surface area contributed by atoms with Crippen molar-refractivity contribution in [1.29, 1.82) is 0 Å². The van der Waals surface area contributed by atoms with Crippen LogP contribution in [0, 0.1) is 5.92 Å². The minimum atomic E-state index is -0.00887. The van der Waals surface area contributed by atoms with E-state index < -0.39 is 0 Å². The second-order valence-electron chi connectivity index (χ2n) is 6.31. The van der Waals surface area contributed by atoms with E-state index in [1.807, 2.05) is 18.2 Å². The molecule has 0 spiro atoms. The highest BCUT2D eigenvalue weighted by molar-refractivity contribution is 5.94. The Morgan fingerprint density at radius 3 is 2.86 bits per heavy atom. The number of hydrogen-bond acceptors (Lipinski definition) is 4. The standard InChI is InChI=1S/C17H25N3O2/c1-22-16-4-2-3-14(9-16)17(21)19-15-11-20(12-15)10-13-5-7-18-8-6-13/h2-4,9,13,15,18H,5-8,10-12H2,1H3,(H,19,21). The van der Waals surface area contributed by atoms with Gasteiger partial charge in [-0.25, -0.2) is 0 Å². The molecule has 0 atom stereocenters. The van der Waals surface area contributed by atoms with Crippen LogP contribution >= 0.6 is 0 Å². The second kappa shape index (κ2) is 7.11. The zero-order valence-corrected chi connectivity index (χ0v) is 13.2. The molecule has 0 bridgehead atoms. The molecule has 3 rings (SSSR count). The average molecular weight is 303 g/mol. The van der Waals surface area contributed by atoms with Crippen LogP contribution in [0.1, 0.15) is 23.2 Å². The number of ether oxygens (including phenoxy) is 1. The fraction of sp³-hybridized carbons (Fsp3) is 0.588. The number of methoxy groups -OCH3 is 1. The molecule has 2 fully saturated rings. The van der Waals surface area contributed by atoms with E-state index >= 15 is 0 Å². The lowest BCUT2D eigenvalue weighted by Crippen LogP contribution is -2.60. The average Bonchev–Trinajstić information content (AvgIpc) is 2.53. The molecular weight excluding hydrogens is 278 g/mol. The summed E-state index contributed by atoms with van der Waals surface area (Å²) >= 11 is 0. The molecule has 2 saturated heterocycles. The Kier molecular flexibility index (Phi) is 4.95. The van der Waals surface area contributed by atoms with Crippen LogP contribution in [0.15, 0.2) is 24.3 Å². The van der Waals surface area contributed by atoms with Crippen molar-refractivity contribution < 1.29 is 9.53 Å². The van der Waals surface area contributed by atoms with Crippen molar-refractivity contribution in [3.05, 3.63) is 29.8 Å². The lowest BCUT2D eigenvalue weighted by atomic mass is 9.95. The van der Waals surface area contributed by atoms with Crippen LogP contribution in [-0.2, 0) is 0 Å². The molecule has 2 aliphatic rings. The van der Waals surface area contributed by atoms with Gasteiger partial charge < -0.3 is 15.4 Å². The highest BCUT2D eigenvalue weighted by atomic mass is 16.5. The number of likely N-dealkylation sites (tertiary alicyclic amines) is 1. The minimum Gasteiger partial charge on any atom is -0.497 e. The zero-order valence-electron chi connectivity index (χ0n) is 13.2. The number of benzene rings is 1. The SMILES string of the molecule is COc1cccc(C(=O)NC2CN(CC3CCNCC3)C2)c1. The Balaban J connectivity index is 1.42. The van der Waals surface area contributed by atoms with Crippen molar-refractivity contribution in [2.45, 2.75) is 18.9 Å². The molecule has 2 aliphatic heterocycles. The van der Waals surface area contributed by atoms with E-state index in [4.69, 9.17) is 4.74 Å². The van der Waals surface area contributed by atoms with Gasteiger partial charge in [-0.2, -0.15) is 0 Å². The predicted molar refractivity (Wildman–Crippen MR) is 86.3 cm³/mol. The number of piperidine rings is 1. The van der Waals surface area contributed by atoms with Crippen molar-refractivity contribution in [2.75, 3.05) is 39.8 Å². The molecular formula is C17H25N3O2. The number of carbonyl (C=O) groups is 1. The van der Waals surface area contributed by atoms with E-state index in [0.717, 1.165) is 32.1 Å². The molecule has 22 heavy (non-hydrogen) atoms. The predicted octanol–water partition coefficient (Wildman–Crippen LogP) is 1.11. The molecule has 0 saturated carbocycles. The summed E-state index contributed by atoms with van der Waals surface area (Å²) in [5.74, 6) is 1.52. The maximum Gasteiger partial charge on any atom is 0.251 e. The molecule has 1 aromatic carbocycles. The molecule has 0 radical (unpaired) electrons. The van der Waals surface area contributed by atoms with Crippen molar-refractivity contribution in [3.63, 3.8) is 0 Å². The van der Waals surface area contributed by atoms with Crippen LogP contribution < -0.4 is 15.4 Å². The monoisotopic (exact) mass is 303 g/mol. The summed E-state index contributed by atoms with van der Waals surface area (Å²) < 4.78 is 5.16. The van der Waals surface area contributed by atoms with E-state index in [-0.39, 0.29) is 11.9 Å². The van der Waals surface area contributed by atoms with Gasteiger partial charge in [-0.15, -0.1) is 0 Å². The Labute approximate surface area is 132 Å². The summed E-state index contributed by atoms with van der Waals surface area (Å²) in [6, 6.07) is 7.57. The molecule has 0 aromatic heterocycles. The van der Waals surface area contributed by atoms with E-state index in [1.54, 1.807) is 13.2 Å². The highest BCUT2D eigenvalue weighted by Gasteiger charge is 2.30. The zero-order chi connectivity index (χ0) is 15.4. The number of rotatable bonds is 5. The lowest BCUT2D eigenvalue weighted by Gasteiger charge is -2.42. The van der Waals surface area contributed by atoms with Gasteiger partial charge in [-0.3, -0.25) is 9.69 Å². The van der Waals surface area contributed by atoms with E-state index in [0.29, 0.717) is 11.3 Å². The molecule has 120 valence electrons. The minimum absolute atomic E-state index is 0.00887. The lowest BCUT2D eigenvalue weighted by molar-refractivity contribution is 0.0743. The van der Waals surface area contributed by atoms with Crippen molar-refractivity contribution in [2.24, 2.45) is 5.92 Å². The fourth-order valence-electron chi connectivity index (χ4n) is 3.27. The van der Waals surface area contributed by atoms with E-state index in [1.165, 1.54) is 19.4 Å². The normalized spacial score (nSPS) is 20.4. The van der Waals surface area contributed by atoms with E-state index in [9.17, 15) is 4.79 Å². The number of amides is 1. The Morgan fingerprint density at radius 1 is 1.36 bits per heavy atom. The largest absolute Gasteiger partial charge is 0.497 e. The quantitative estimate of drug-likeness (QED) is 0.855. The maximum atomic E-state index is 12.2. The van der Waals surface area contributed by atoms with Gasteiger partial charge in [0.15, 0.2) is 0 Å². The first-order valence-corrected chi connectivity index (χ1v) is 8.12. The number of carbonyl (C=O) groups excluding carboxylic acids is 1. The first-order chi connectivity index (χ1) is 10.7. The summed E-state index contributed by atoms with van der Waals surface area (Å²) in [6.07, 6.45) is 2.55. The van der Waals surface area contributed by atoms with Crippen LogP contribution in [0.4, 0.5) is 0 Å². The summed E-state index contributed by atoms with van der Waals surface area (Å²) in [7, 11) is 1.61. The van der Waals surface area contributed by atoms with Gasteiger partial charge in [0.05, 0.1) is 13.2 Å². The highest BCUT2D eigenvalue weighted by Crippen LogP contribution is 2.18. The molecule has 1 amide bonds. The van der Waals surface area contributed by atoms with Gasteiger partial charge >= 0.3 is 0 Å². The van der Waals surface area contributed by atoms with Gasteiger partial charge in [-0.05, 0) is 50.0 Å². The van der Waals surface area contributed by atoms with Crippen LogP contribution in [0.3, 0.4) is 0 Å². The number of nitrogens with zero attached hydrogens (tertiary/aromatic N) is 1. The van der Waals surface area contributed by atoms with Gasteiger partial charge in [0, 0.05) is 25.2 Å².